The van der Waals surface area contributed by atoms with Crippen molar-refractivity contribution in [3.63, 3.8) is 0 Å². The van der Waals surface area contributed by atoms with Crippen LogP contribution < -0.4 is 14.4 Å². The van der Waals surface area contributed by atoms with Crippen molar-refractivity contribution in [2.24, 2.45) is 0 Å². The van der Waals surface area contributed by atoms with Gasteiger partial charge in [-0.15, -0.1) is 0 Å². The number of anilines is 1. The fourth-order valence-electron chi connectivity index (χ4n) is 3.35. The number of halogens is 4. The highest BCUT2D eigenvalue weighted by Gasteiger charge is 2.31. The molecule has 0 bridgehead atoms. The lowest BCUT2D eigenvalue weighted by molar-refractivity contribution is 0.383. The molecule has 35 heavy (non-hydrogen) atoms. The maximum absolute atomic E-state index is 5.84. The zero-order valence-electron chi connectivity index (χ0n) is 18.7. The molecule has 0 saturated carbocycles. The van der Waals surface area contributed by atoms with E-state index in [0.29, 0.717) is 18.7 Å². The molecule has 182 valence electrons. The van der Waals surface area contributed by atoms with Crippen LogP contribution in [0.2, 0.25) is 0 Å². The molecule has 0 aliphatic rings. The summed E-state index contributed by atoms with van der Waals surface area (Å²) in [7, 11) is 3.29. The third-order valence-electron chi connectivity index (χ3n) is 5.11. The number of nitrogens with zero attached hydrogens (tertiary/aromatic N) is 4. The van der Waals surface area contributed by atoms with Gasteiger partial charge in [0.15, 0.2) is 0 Å². The van der Waals surface area contributed by atoms with E-state index in [4.69, 9.17) is 53.8 Å². The molecule has 4 rings (SSSR count). The standard InChI is InChI=1S/C24H20BrCl3N4O3/c1-33-18-7-3-15(4-8-18)13-32(14-16-5-9-19(34-2)10-6-16)22-20(25)11-17(12-29-22)21-30-23(35-31-21)24(26,27)28/h3-12H,13-14H2,1-2H3. The minimum absolute atomic E-state index is 0.113. The molecule has 4 aromatic rings. The highest BCUT2D eigenvalue weighted by Crippen LogP contribution is 2.38. The largest absolute Gasteiger partial charge is 0.497 e. The van der Waals surface area contributed by atoms with Crippen molar-refractivity contribution in [1.82, 2.24) is 15.1 Å². The number of benzene rings is 2. The van der Waals surface area contributed by atoms with E-state index in [2.05, 4.69) is 31.0 Å². The fraction of sp³-hybridized carbons (Fsp3) is 0.208. The first-order valence-corrected chi connectivity index (χ1v) is 12.3. The molecule has 0 aliphatic carbocycles. The number of pyridine rings is 1. The number of hydrogen-bond acceptors (Lipinski definition) is 7. The first-order valence-electron chi connectivity index (χ1n) is 10.3. The predicted octanol–water partition coefficient (Wildman–Crippen LogP) is 6.94. The highest BCUT2D eigenvalue weighted by molar-refractivity contribution is 9.10. The lowest BCUT2D eigenvalue weighted by atomic mass is 10.1. The third-order valence-corrected chi connectivity index (χ3v) is 6.18. The molecule has 11 heteroatoms. The molecule has 0 fully saturated rings. The fourth-order valence-corrected chi connectivity index (χ4v) is 4.18. The summed E-state index contributed by atoms with van der Waals surface area (Å²) in [5.74, 6) is 2.49. The molecule has 0 atom stereocenters. The zero-order chi connectivity index (χ0) is 25.0. The van der Waals surface area contributed by atoms with Gasteiger partial charge in [-0.05, 0) is 57.4 Å². The molecule has 0 N–H and O–H groups in total. The number of rotatable bonds is 8. The molecule has 0 amide bonds. The van der Waals surface area contributed by atoms with Crippen LogP contribution in [0.3, 0.4) is 0 Å². The van der Waals surface area contributed by atoms with Crippen LogP contribution in [-0.4, -0.2) is 29.3 Å². The smallest absolute Gasteiger partial charge is 0.279 e. The number of aromatic nitrogens is 3. The van der Waals surface area contributed by atoms with Crippen LogP contribution in [0.4, 0.5) is 5.82 Å². The second-order valence-corrected chi connectivity index (χ2v) is 10.6. The van der Waals surface area contributed by atoms with Crippen LogP contribution >= 0.6 is 50.7 Å². The maximum atomic E-state index is 5.84. The van der Waals surface area contributed by atoms with Gasteiger partial charge in [-0.2, -0.15) is 4.98 Å². The summed E-state index contributed by atoms with van der Waals surface area (Å²) in [6.45, 7) is 1.22. The Bertz CT molecular complexity index is 1230. The molecule has 0 spiro atoms. The monoisotopic (exact) mass is 596 g/mol. The molecule has 2 aromatic heterocycles. The van der Waals surface area contributed by atoms with Gasteiger partial charge in [0.2, 0.25) is 5.82 Å². The molecule has 0 saturated heterocycles. The minimum Gasteiger partial charge on any atom is -0.497 e. The zero-order valence-corrected chi connectivity index (χ0v) is 22.6. The van der Waals surface area contributed by atoms with E-state index in [-0.39, 0.29) is 11.7 Å². The third kappa shape index (κ3) is 6.38. The van der Waals surface area contributed by atoms with Crippen LogP contribution in [-0.2, 0) is 16.9 Å². The van der Waals surface area contributed by atoms with E-state index >= 15 is 0 Å². The summed E-state index contributed by atoms with van der Waals surface area (Å²) in [4.78, 5) is 11.0. The molecule has 2 heterocycles. The number of alkyl halides is 3. The summed E-state index contributed by atoms with van der Waals surface area (Å²) in [5, 5.41) is 3.90. The Hall–Kier alpha value is -2.52. The van der Waals surface area contributed by atoms with E-state index in [1.807, 2.05) is 54.6 Å². The lowest BCUT2D eigenvalue weighted by Crippen LogP contribution is -2.23. The summed E-state index contributed by atoms with van der Waals surface area (Å²) in [6.07, 6.45) is 1.65. The summed E-state index contributed by atoms with van der Waals surface area (Å²) in [6, 6.07) is 17.7. The normalized spacial score (nSPS) is 11.4. The van der Waals surface area contributed by atoms with E-state index in [1.165, 1.54) is 0 Å². The Labute approximate surface area is 226 Å². The Morgan fingerprint density at radius 1 is 0.914 bits per heavy atom. The van der Waals surface area contributed by atoms with E-state index in [0.717, 1.165) is 32.9 Å². The van der Waals surface area contributed by atoms with Gasteiger partial charge in [0.25, 0.3) is 9.68 Å². The van der Waals surface area contributed by atoms with E-state index < -0.39 is 3.79 Å². The second kappa shape index (κ2) is 11.0. The first kappa shape index (κ1) is 25.6. The van der Waals surface area contributed by atoms with Gasteiger partial charge in [-0.25, -0.2) is 4.98 Å². The van der Waals surface area contributed by atoms with Gasteiger partial charge in [-0.1, -0.05) is 64.2 Å². The SMILES string of the molecule is COc1ccc(CN(Cc2ccc(OC)cc2)c2ncc(-c3noc(C(Cl)(Cl)Cl)n3)cc2Br)cc1. The lowest BCUT2D eigenvalue weighted by Gasteiger charge is -2.25. The summed E-state index contributed by atoms with van der Waals surface area (Å²) >= 11 is 21.2. The average molecular weight is 599 g/mol. The first-order chi connectivity index (χ1) is 16.8. The van der Waals surface area contributed by atoms with Crippen LogP contribution in [0.25, 0.3) is 11.4 Å². The van der Waals surface area contributed by atoms with Gasteiger partial charge < -0.3 is 18.9 Å². The summed E-state index contributed by atoms with van der Waals surface area (Å²) in [5.41, 5.74) is 2.81. The van der Waals surface area contributed by atoms with Gasteiger partial charge in [0.05, 0.1) is 18.7 Å². The topological polar surface area (TPSA) is 73.5 Å². The van der Waals surface area contributed by atoms with Crippen molar-refractivity contribution in [2.75, 3.05) is 19.1 Å². The van der Waals surface area contributed by atoms with Crippen molar-refractivity contribution in [2.45, 2.75) is 16.9 Å². The highest BCUT2D eigenvalue weighted by atomic mass is 79.9. The Morgan fingerprint density at radius 3 is 1.89 bits per heavy atom. The van der Waals surface area contributed by atoms with Crippen molar-refractivity contribution in [3.05, 3.63) is 82.3 Å². The van der Waals surface area contributed by atoms with Crippen molar-refractivity contribution in [3.8, 4) is 22.9 Å². The minimum atomic E-state index is -1.80. The maximum Gasteiger partial charge on any atom is 0.279 e. The molecule has 7 nitrogen and oxygen atoms in total. The number of hydrogen-bond donors (Lipinski definition) is 0. The summed E-state index contributed by atoms with van der Waals surface area (Å²) < 4.78 is 14.6. The van der Waals surface area contributed by atoms with Crippen molar-refractivity contribution >= 4 is 56.6 Å². The predicted molar refractivity (Wildman–Crippen MR) is 140 cm³/mol. The van der Waals surface area contributed by atoms with Gasteiger partial charge in [0.1, 0.15) is 17.3 Å². The Kier molecular flexibility index (Phi) is 8.06. The molecular formula is C24H20BrCl3N4O3. The van der Waals surface area contributed by atoms with E-state index in [9.17, 15) is 0 Å². The van der Waals surface area contributed by atoms with Gasteiger partial charge in [-0.3, -0.25) is 0 Å². The molecular weight excluding hydrogens is 579 g/mol. The van der Waals surface area contributed by atoms with Gasteiger partial charge in [0, 0.05) is 24.8 Å². The molecule has 2 aromatic carbocycles. The molecule has 0 radical (unpaired) electrons. The average Bonchev–Trinajstić information content (AvgIpc) is 3.36. The van der Waals surface area contributed by atoms with Crippen LogP contribution in [0.5, 0.6) is 11.5 Å². The van der Waals surface area contributed by atoms with Crippen LogP contribution in [0.1, 0.15) is 17.0 Å². The molecule has 0 unspecified atom stereocenters. The van der Waals surface area contributed by atoms with Crippen molar-refractivity contribution < 1.29 is 14.0 Å². The van der Waals surface area contributed by atoms with E-state index in [1.54, 1.807) is 20.4 Å². The number of methoxy groups -OCH3 is 2. The Morgan fingerprint density at radius 2 is 1.46 bits per heavy atom. The quantitative estimate of drug-likeness (QED) is 0.203. The number of ether oxygens (including phenoxy) is 2. The Balaban J connectivity index is 1.64. The van der Waals surface area contributed by atoms with Crippen LogP contribution in [0, 0.1) is 0 Å². The van der Waals surface area contributed by atoms with Crippen LogP contribution in [0.15, 0.2) is 69.8 Å². The van der Waals surface area contributed by atoms with Crippen molar-refractivity contribution in [1.29, 1.82) is 0 Å². The second-order valence-electron chi connectivity index (χ2n) is 7.50. The molecule has 0 aliphatic heterocycles. The van der Waals surface area contributed by atoms with Gasteiger partial charge >= 0.3 is 0 Å².